The zero-order chi connectivity index (χ0) is 12.0. The summed E-state index contributed by atoms with van der Waals surface area (Å²) in [5.41, 5.74) is 0. The molecule has 0 aromatic heterocycles. The molecule has 0 radical (unpaired) electrons. The first kappa shape index (κ1) is 13.5. The van der Waals surface area contributed by atoms with E-state index in [2.05, 4.69) is 4.72 Å². The van der Waals surface area contributed by atoms with Gasteiger partial charge >= 0.3 is 0 Å². The zero-order valence-corrected chi connectivity index (χ0v) is 10.6. The van der Waals surface area contributed by atoms with E-state index in [4.69, 9.17) is 5.26 Å². The summed E-state index contributed by atoms with van der Waals surface area (Å²) in [5.74, 6) is 0.661. The van der Waals surface area contributed by atoms with E-state index in [1.165, 1.54) is 39.0 Å². The Balaban J connectivity index is 2.27. The fourth-order valence-electron chi connectivity index (χ4n) is 2.08. The van der Waals surface area contributed by atoms with Gasteiger partial charge in [0.05, 0.1) is 6.07 Å². The lowest BCUT2D eigenvalue weighted by Gasteiger charge is -2.21. The molecule has 0 amide bonds. The highest BCUT2D eigenvalue weighted by Crippen LogP contribution is 2.25. The van der Waals surface area contributed by atoms with Crippen molar-refractivity contribution in [1.29, 1.82) is 5.26 Å². The van der Waals surface area contributed by atoms with Gasteiger partial charge in [-0.15, -0.1) is 0 Å². The number of nitriles is 1. The Hall–Kier alpha value is -0.600. The molecule has 1 fully saturated rings. The summed E-state index contributed by atoms with van der Waals surface area (Å²) in [4.78, 5) is 0. The first-order chi connectivity index (χ1) is 7.56. The summed E-state index contributed by atoms with van der Waals surface area (Å²) in [6.07, 6.45) is 7.19. The highest BCUT2D eigenvalue weighted by molar-refractivity contribution is 7.90. The molecule has 0 saturated heterocycles. The second-order valence-corrected chi connectivity index (χ2v) is 6.59. The molecule has 0 bridgehead atoms. The molecule has 1 saturated carbocycles. The van der Waals surface area contributed by atoms with Crippen LogP contribution in [0.15, 0.2) is 0 Å². The Morgan fingerprint density at radius 3 is 2.56 bits per heavy atom. The first-order valence-electron chi connectivity index (χ1n) is 5.94. The normalized spacial score (nSPS) is 20.2. The Labute approximate surface area is 98.1 Å². The van der Waals surface area contributed by atoms with Crippen LogP contribution in [0.3, 0.4) is 0 Å². The molecular weight excluding hydrogens is 224 g/mol. The van der Waals surface area contributed by atoms with E-state index < -0.39 is 15.3 Å². The lowest BCUT2D eigenvalue weighted by atomic mass is 9.87. The second kappa shape index (κ2) is 6.21. The topological polar surface area (TPSA) is 70.0 Å². The van der Waals surface area contributed by atoms with Crippen LogP contribution in [0, 0.1) is 17.2 Å². The first-order valence-corrected chi connectivity index (χ1v) is 7.49. The monoisotopic (exact) mass is 244 g/mol. The fourth-order valence-corrected chi connectivity index (χ4v) is 2.87. The van der Waals surface area contributed by atoms with Gasteiger partial charge in [0.1, 0.15) is 0 Å². The van der Waals surface area contributed by atoms with Gasteiger partial charge in [0, 0.05) is 6.54 Å². The molecule has 1 aliphatic rings. The molecule has 1 rings (SSSR count). The molecule has 1 N–H and O–H groups in total. The Morgan fingerprint density at radius 2 is 2.00 bits per heavy atom. The van der Waals surface area contributed by atoms with Crippen LogP contribution < -0.4 is 4.72 Å². The van der Waals surface area contributed by atoms with E-state index >= 15 is 0 Å². The van der Waals surface area contributed by atoms with Crippen molar-refractivity contribution in [2.24, 2.45) is 5.92 Å². The molecule has 16 heavy (non-hydrogen) atoms. The SMILES string of the molecule is CC(C#N)S(=O)(=O)NCCC1CCCCC1. The molecule has 92 valence electrons. The van der Waals surface area contributed by atoms with E-state index in [1.807, 2.05) is 0 Å². The largest absolute Gasteiger partial charge is 0.227 e. The summed E-state index contributed by atoms with van der Waals surface area (Å²) < 4.78 is 25.4. The quantitative estimate of drug-likeness (QED) is 0.801. The molecule has 0 aromatic carbocycles. The minimum Gasteiger partial charge on any atom is -0.214 e. The molecule has 1 atom stereocenters. The molecule has 5 heteroatoms. The number of sulfonamides is 1. The Kier molecular flexibility index (Phi) is 5.23. The van der Waals surface area contributed by atoms with Crippen molar-refractivity contribution in [3.05, 3.63) is 0 Å². The summed E-state index contributed by atoms with van der Waals surface area (Å²) in [5, 5.41) is 7.59. The van der Waals surface area contributed by atoms with Crippen LogP contribution >= 0.6 is 0 Å². The highest BCUT2D eigenvalue weighted by Gasteiger charge is 2.20. The number of nitrogens with zero attached hydrogens (tertiary/aromatic N) is 1. The van der Waals surface area contributed by atoms with Gasteiger partial charge in [-0.3, -0.25) is 0 Å². The van der Waals surface area contributed by atoms with E-state index in [1.54, 1.807) is 6.07 Å². The van der Waals surface area contributed by atoms with Gasteiger partial charge in [-0.1, -0.05) is 32.1 Å². The van der Waals surface area contributed by atoms with Gasteiger partial charge in [-0.2, -0.15) is 5.26 Å². The number of hydrogen-bond acceptors (Lipinski definition) is 3. The summed E-state index contributed by atoms with van der Waals surface area (Å²) in [7, 11) is -3.42. The third kappa shape index (κ3) is 4.11. The third-order valence-electron chi connectivity index (χ3n) is 3.23. The second-order valence-electron chi connectivity index (χ2n) is 4.50. The van der Waals surface area contributed by atoms with Crippen LogP contribution in [0.2, 0.25) is 0 Å². The average Bonchev–Trinajstić information content (AvgIpc) is 2.29. The van der Waals surface area contributed by atoms with E-state index in [0.717, 1.165) is 6.42 Å². The maximum atomic E-state index is 11.5. The van der Waals surface area contributed by atoms with Crippen molar-refractivity contribution in [2.45, 2.75) is 50.7 Å². The smallest absolute Gasteiger partial charge is 0.214 e. The van der Waals surface area contributed by atoms with E-state index in [-0.39, 0.29) is 0 Å². The van der Waals surface area contributed by atoms with Gasteiger partial charge in [0.2, 0.25) is 10.0 Å². The average molecular weight is 244 g/mol. The predicted molar refractivity (Wildman–Crippen MR) is 63.2 cm³/mol. The van der Waals surface area contributed by atoms with Crippen LogP contribution in [0.4, 0.5) is 0 Å². The standard InChI is InChI=1S/C11H20N2O2S/c1-10(9-12)16(14,15)13-8-7-11-5-3-2-4-6-11/h10-11,13H,2-8H2,1H3. The van der Waals surface area contributed by atoms with Gasteiger partial charge < -0.3 is 0 Å². The molecule has 0 heterocycles. The van der Waals surface area contributed by atoms with E-state index in [9.17, 15) is 8.42 Å². The zero-order valence-electron chi connectivity index (χ0n) is 9.78. The third-order valence-corrected chi connectivity index (χ3v) is 4.87. The maximum Gasteiger partial charge on any atom is 0.227 e. The van der Waals surface area contributed by atoms with Gasteiger partial charge in [0.25, 0.3) is 0 Å². The minimum absolute atomic E-state index is 0.471. The molecule has 0 aliphatic heterocycles. The Morgan fingerprint density at radius 1 is 1.38 bits per heavy atom. The van der Waals surface area contributed by atoms with Gasteiger partial charge in [-0.25, -0.2) is 13.1 Å². The van der Waals surface area contributed by atoms with Gasteiger partial charge in [-0.05, 0) is 19.3 Å². The number of rotatable bonds is 5. The van der Waals surface area contributed by atoms with Crippen LogP contribution in [-0.2, 0) is 10.0 Å². The van der Waals surface area contributed by atoms with Crippen LogP contribution in [0.1, 0.15) is 45.4 Å². The van der Waals surface area contributed by atoms with Crippen LogP contribution in [0.5, 0.6) is 0 Å². The fraction of sp³-hybridized carbons (Fsp3) is 0.909. The van der Waals surface area contributed by atoms with Crippen molar-refractivity contribution in [2.75, 3.05) is 6.54 Å². The van der Waals surface area contributed by atoms with Crippen molar-refractivity contribution < 1.29 is 8.42 Å². The molecule has 1 aliphatic carbocycles. The lowest BCUT2D eigenvalue weighted by molar-refractivity contribution is 0.339. The Bertz CT molecular complexity index is 339. The summed E-state index contributed by atoms with van der Waals surface area (Å²) in [6.45, 7) is 1.88. The van der Waals surface area contributed by atoms with Crippen molar-refractivity contribution in [3.63, 3.8) is 0 Å². The lowest BCUT2D eigenvalue weighted by Crippen LogP contribution is -2.33. The highest BCUT2D eigenvalue weighted by atomic mass is 32.2. The molecular formula is C11H20N2O2S. The minimum atomic E-state index is -3.42. The summed E-state index contributed by atoms with van der Waals surface area (Å²) in [6, 6.07) is 1.74. The van der Waals surface area contributed by atoms with Crippen LogP contribution in [-0.4, -0.2) is 20.2 Å². The van der Waals surface area contributed by atoms with Crippen LogP contribution in [0.25, 0.3) is 0 Å². The van der Waals surface area contributed by atoms with Crippen molar-refractivity contribution in [1.82, 2.24) is 4.72 Å². The van der Waals surface area contributed by atoms with Crippen molar-refractivity contribution in [3.8, 4) is 6.07 Å². The maximum absolute atomic E-state index is 11.5. The predicted octanol–water partition coefficient (Wildman–Crippen LogP) is 1.79. The molecule has 0 spiro atoms. The van der Waals surface area contributed by atoms with Crippen molar-refractivity contribution >= 4 is 10.0 Å². The molecule has 0 aromatic rings. The van der Waals surface area contributed by atoms with E-state index in [0.29, 0.717) is 12.5 Å². The molecule has 4 nitrogen and oxygen atoms in total. The number of nitrogens with one attached hydrogen (secondary N) is 1. The number of hydrogen-bond donors (Lipinski definition) is 1. The molecule has 1 unspecified atom stereocenters. The summed E-state index contributed by atoms with van der Waals surface area (Å²) >= 11 is 0. The van der Waals surface area contributed by atoms with Gasteiger partial charge in [0.15, 0.2) is 5.25 Å².